The molecule has 1 aromatic heterocycles. The van der Waals surface area contributed by atoms with Crippen molar-refractivity contribution >= 4 is 40.0 Å². The molecule has 0 amide bonds. The van der Waals surface area contributed by atoms with Crippen LogP contribution in [0.3, 0.4) is 0 Å². The minimum Gasteiger partial charge on any atom is -0.493 e. The molecular weight excluding hydrogens is 439 g/mol. The Morgan fingerprint density at radius 3 is 2.84 bits per heavy atom. The van der Waals surface area contributed by atoms with Crippen molar-refractivity contribution in [2.24, 2.45) is 0 Å². The van der Waals surface area contributed by atoms with Crippen molar-refractivity contribution in [1.29, 1.82) is 0 Å². The number of halogens is 2. The number of rotatable bonds is 8. The first-order valence-electron chi connectivity index (χ1n) is 10.0. The fourth-order valence-corrected chi connectivity index (χ4v) is 3.67. The highest BCUT2D eigenvalue weighted by Crippen LogP contribution is 2.35. The Hall–Kier alpha value is -3.17. The molecule has 1 aliphatic heterocycles. The maximum atomic E-state index is 13.5. The minimum absolute atomic E-state index is 0.00863. The molecule has 1 aliphatic rings. The summed E-state index contributed by atoms with van der Waals surface area (Å²) in [6.07, 6.45) is 2.10. The van der Waals surface area contributed by atoms with Crippen molar-refractivity contribution in [3.8, 4) is 11.5 Å². The second-order valence-corrected chi connectivity index (χ2v) is 7.70. The van der Waals surface area contributed by atoms with E-state index in [1.165, 1.54) is 18.5 Å². The minimum atomic E-state index is -0.499. The zero-order chi connectivity index (χ0) is 22.7. The summed E-state index contributed by atoms with van der Waals surface area (Å²) in [4.78, 5) is 22.3. The van der Waals surface area contributed by atoms with E-state index < -0.39 is 5.82 Å². The highest BCUT2D eigenvalue weighted by Gasteiger charge is 2.30. The van der Waals surface area contributed by atoms with Gasteiger partial charge in [-0.15, -0.1) is 0 Å². The number of methoxy groups -OCH3 is 1. The van der Waals surface area contributed by atoms with Crippen LogP contribution >= 0.6 is 11.6 Å². The van der Waals surface area contributed by atoms with E-state index in [9.17, 15) is 9.18 Å². The molecule has 1 fully saturated rings. The number of nitrogens with zero attached hydrogens (tertiary/aromatic N) is 3. The first-order valence-corrected chi connectivity index (χ1v) is 10.4. The van der Waals surface area contributed by atoms with Crippen molar-refractivity contribution in [2.45, 2.75) is 12.5 Å². The van der Waals surface area contributed by atoms with E-state index in [0.717, 1.165) is 0 Å². The van der Waals surface area contributed by atoms with Crippen LogP contribution in [0.15, 0.2) is 36.7 Å². The van der Waals surface area contributed by atoms with Crippen LogP contribution in [0, 0.1) is 5.82 Å². The van der Waals surface area contributed by atoms with Gasteiger partial charge in [0.25, 0.3) is 0 Å². The molecule has 1 atom stereocenters. The van der Waals surface area contributed by atoms with Gasteiger partial charge in [0.15, 0.2) is 11.5 Å². The van der Waals surface area contributed by atoms with Gasteiger partial charge in [-0.1, -0.05) is 11.6 Å². The molecule has 8 nitrogen and oxygen atoms in total. The number of benzene rings is 2. The largest absolute Gasteiger partial charge is 0.493 e. The van der Waals surface area contributed by atoms with E-state index in [1.807, 2.05) is 11.9 Å². The molecule has 10 heteroatoms. The van der Waals surface area contributed by atoms with Crippen LogP contribution in [0.5, 0.6) is 11.5 Å². The standard InChI is InChI=1S/C22H22ClFN4O4/c1-28(18-5-7-32-22(18)29)6-8-31-20-10-14-17(11-19(20)30-2)25-12-26-21(14)27-13-3-4-16(24)15(23)9-13/h3-4,9-12,18H,5-8H2,1-2H3,(H,25,26,27). The van der Waals surface area contributed by atoms with Gasteiger partial charge < -0.3 is 19.5 Å². The van der Waals surface area contributed by atoms with Crippen LogP contribution in [0.4, 0.5) is 15.9 Å². The average Bonchev–Trinajstić information content (AvgIpc) is 3.22. The first kappa shape index (κ1) is 22.0. The number of carbonyl (C=O) groups is 1. The van der Waals surface area contributed by atoms with E-state index in [-0.39, 0.29) is 17.0 Å². The van der Waals surface area contributed by atoms with Crippen LogP contribution in [0.2, 0.25) is 5.02 Å². The van der Waals surface area contributed by atoms with E-state index in [4.69, 9.17) is 25.8 Å². The van der Waals surface area contributed by atoms with E-state index in [1.54, 1.807) is 25.3 Å². The number of carbonyl (C=O) groups excluding carboxylic acids is 1. The predicted molar refractivity (Wildman–Crippen MR) is 118 cm³/mol. The Morgan fingerprint density at radius 1 is 1.28 bits per heavy atom. The number of likely N-dealkylation sites (N-methyl/N-ethyl adjacent to an activating group) is 1. The van der Waals surface area contributed by atoms with Gasteiger partial charge in [0.05, 0.1) is 24.3 Å². The Labute approximate surface area is 189 Å². The fraction of sp³-hybridized carbons (Fsp3) is 0.318. The molecule has 32 heavy (non-hydrogen) atoms. The summed E-state index contributed by atoms with van der Waals surface area (Å²) in [5, 5.41) is 3.84. The van der Waals surface area contributed by atoms with E-state index in [0.29, 0.717) is 60.1 Å². The van der Waals surface area contributed by atoms with Crippen molar-refractivity contribution < 1.29 is 23.4 Å². The molecular formula is C22H22ClFN4O4. The van der Waals surface area contributed by atoms with E-state index >= 15 is 0 Å². The van der Waals surface area contributed by atoms with E-state index in [2.05, 4.69) is 15.3 Å². The Morgan fingerprint density at radius 2 is 2.12 bits per heavy atom. The third-order valence-corrected chi connectivity index (χ3v) is 5.53. The van der Waals surface area contributed by atoms with Gasteiger partial charge >= 0.3 is 5.97 Å². The number of aromatic nitrogens is 2. The summed E-state index contributed by atoms with van der Waals surface area (Å²) in [5.41, 5.74) is 1.23. The number of hydrogen-bond donors (Lipinski definition) is 1. The molecule has 1 saturated heterocycles. The van der Waals surface area contributed by atoms with Gasteiger partial charge in [-0.2, -0.15) is 0 Å². The maximum Gasteiger partial charge on any atom is 0.323 e. The number of esters is 1. The second-order valence-electron chi connectivity index (χ2n) is 7.30. The number of fused-ring (bicyclic) bond motifs is 1. The third-order valence-electron chi connectivity index (χ3n) is 5.24. The van der Waals surface area contributed by atoms with Crippen LogP contribution in [-0.4, -0.2) is 60.8 Å². The lowest BCUT2D eigenvalue weighted by molar-refractivity contribution is -0.142. The summed E-state index contributed by atoms with van der Waals surface area (Å²) < 4.78 is 29.9. The SMILES string of the molecule is COc1cc2ncnc(Nc3ccc(F)c(Cl)c3)c2cc1OCCN(C)C1CCOC1=O. The van der Waals surface area contributed by atoms with Crippen molar-refractivity contribution in [3.05, 3.63) is 47.5 Å². The summed E-state index contributed by atoms with van der Waals surface area (Å²) in [6, 6.07) is 7.63. The molecule has 0 aliphatic carbocycles. The molecule has 3 aromatic rings. The molecule has 0 radical (unpaired) electrons. The summed E-state index contributed by atoms with van der Waals surface area (Å²) in [5.74, 6) is 0.842. The van der Waals surface area contributed by atoms with Crippen molar-refractivity contribution in [1.82, 2.24) is 14.9 Å². The summed E-state index contributed by atoms with van der Waals surface area (Å²) >= 11 is 5.88. The smallest absolute Gasteiger partial charge is 0.323 e. The average molecular weight is 461 g/mol. The third kappa shape index (κ3) is 4.68. The predicted octanol–water partition coefficient (Wildman–Crippen LogP) is 3.80. The molecule has 0 bridgehead atoms. The molecule has 4 rings (SSSR count). The normalized spacial score (nSPS) is 15.8. The van der Waals surface area contributed by atoms with Gasteiger partial charge in [0, 0.05) is 30.1 Å². The van der Waals surface area contributed by atoms with Crippen LogP contribution in [-0.2, 0) is 9.53 Å². The molecule has 0 spiro atoms. The molecule has 2 aromatic carbocycles. The van der Waals surface area contributed by atoms with Gasteiger partial charge in [0.2, 0.25) is 0 Å². The monoisotopic (exact) mass is 460 g/mol. The van der Waals surface area contributed by atoms with Crippen LogP contribution in [0.25, 0.3) is 10.9 Å². The van der Waals surface area contributed by atoms with Gasteiger partial charge in [-0.05, 0) is 31.3 Å². The second kappa shape index (κ2) is 9.54. The first-order chi connectivity index (χ1) is 15.5. The fourth-order valence-electron chi connectivity index (χ4n) is 3.49. The lowest BCUT2D eigenvalue weighted by Crippen LogP contribution is -2.37. The highest BCUT2D eigenvalue weighted by atomic mass is 35.5. The number of anilines is 2. The topological polar surface area (TPSA) is 85.8 Å². The zero-order valence-corrected chi connectivity index (χ0v) is 18.4. The number of ether oxygens (including phenoxy) is 3. The summed E-state index contributed by atoms with van der Waals surface area (Å²) in [7, 11) is 3.41. The quantitative estimate of drug-likeness (QED) is 0.508. The number of hydrogen-bond acceptors (Lipinski definition) is 8. The lowest BCUT2D eigenvalue weighted by Gasteiger charge is -2.21. The number of nitrogens with one attached hydrogen (secondary N) is 1. The Bertz CT molecular complexity index is 1150. The van der Waals surface area contributed by atoms with Gasteiger partial charge in [-0.3, -0.25) is 9.69 Å². The maximum absolute atomic E-state index is 13.5. The van der Waals surface area contributed by atoms with Gasteiger partial charge in [-0.25, -0.2) is 14.4 Å². The summed E-state index contributed by atoms with van der Waals surface area (Å²) in [6.45, 7) is 1.32. The Balaban J connectivity index is 1.54. The molecule has 2 heterocycles. The van der Waals surface area contributed by atoms with Crippen molar-refractivity contribution in [3.63, 3.8) is 0 Å². The molecule has 1 unspecified atom stereocenters. The van der Waals surface area contributed by atoms with Crippen molar-refractivity contribution in [2.75, 3.05) is 39.2 Å². The molecule has 168 valence electrons. The Kier molecular flexibility index (Phi) is 6.57. The van der Waals surface area contributed by atoms with Gasteiger partial charge in [0.1, 0.15) is 30.6 Å². The highest BCUT2D eigenvalue weighted by molar-refractivity contribution is 6.31. The number of cyclic esters (lactones) is 1. The van der Waals surface area contributed by atoms with Crippen LogP contribution < -0.4 is 14.8 Å². The lowest BCUT2D eigenvalue weighted by atomic mass is 10.2. The molecule has 0 saturated carbocycles. The van der Waals surface area contributed by atoms with Crippen LogP contribution in [0.1, 0.15) is 6.42 Å². The zero-order valence-electron chi connectivity index (χ0n) is 17.6. The molecule has 1 N–H and O–H groups in total.